The second-order valence-corrected chi connectivity index (χ2v) is 11.9. The summed E-state index contributed by atoms with van der Waals surface area (Å²) >= 11 is 25.8. The molecule has 1 aromatic heterocycles. The SMILES string of the molecule is Clc1cccc(N(c2cccc(Cl)c2)c2ccc3[nH]c4ccc(N(c5cccc(Cl)c5)c5cccc(Cl)c5)cc4c3c2)c1. The van der Waals surface area contributed by atoms with Gasteiger partial charge in [0, 0.05) is 76.0 Å². The lowest BCUT2D eigenvalue weighted by Gasteiger charge is -2.26. The Morgan fingerprint density at radius 3 is 0.953 bits per heavy atom. The molecule has 7 heteroatoms. The van der Waals surface area contributed by atoms with Gasteiger partial charge in [-0.05, 0) is 109 Å². The molecule has 0 saturated heterocycles. The Morgan fingerprint density at radius 1 is 0.349 bits per heavy atom. The number of H-pyrrole nitrogens is 1. The van der Waals surface area contributed by atoms with Crippen LogP contribution in [-0.2, 0) is 0 Å². The molecular formula is C36H23Cl4N3. The minimum atomic E-state index is 0.657. The fourth-order valence-corrected chi connectivity index (χ4v) is 6.24. The Balaban J connectivity index is 1.42. The third-order valence-corrected chi connectivity index (χ3v) is 8.29. The van der Waals surface area contributed by atoms with Crippen LogP contribution in [0, 0.1) is 0 Å². The van der Waals surface area contributed by atoms with Crippen LogP contribution in [0.4, 0.5) is 34.1 Å². The average Bonchev–Trinajstić information content (AvgIpc) is 3.35. The van der Waals surface area contributed by atoms with E-state index in [0.717, 1.165) is 55.9 Å². The van der Waals surface area contributed by atoms with E-state index in [1.807, 2.05) is 97.1 Å². The van der Waals surface area contributed by atoms with Gasteiger partial charge < -0.3 is 14.8 Å². The maximum Gasteiger partial charge on any atom is 0.0476 e. The lowest BCUT2D eigenvalue weighted by Crippen LogP contribution is -2.10. The summed E-state index contributed by atoms with van der Waals surface area (Å²) < 4.78 is 0. The van der Waals surface area contributed by atoms with Gasteiger partial charge in [-0.2, -0.15) is 0 Å². The van der Waals surface area contributed by atoms with Crippen LogP contribution in [0.2, 0.25) is 20.1 Å². The number of hydrogen-bond donors (Lipinski definition) is 1. The maximum atomic E-state index is 6.44. The number of aromatic nitrogens is 1. The molecule has 0 bridgehead atoms. The van der Waals surface area contributed by atoms with Crippen LogP contribution in [-0.4, -0.2) is 4.98 Å². The quantitative estimate of drug-likeness (QED) is 0.196. The summed E-state index contributed by atoms with van der Waals surface area (Å²) in [6.07, 6.45) is 0. The zero-order chi connectivity index (χ0) is 29.5. The first-order valence-corrected chi connectivity index (χ1v) is 15.1. The van der Waals surface area contributed by atoms with Crippen LogP contribution in [0.3, 0.4) is 0 Å². The van der Waals surface area contributed by atoms with Gasteiger partial charge in [0.2, 0.25) is 0 Å². The Kier molecular flexibility index (Phi) is 7.42. The summed E-state index contributed by atoms with van der Waals surface area (Å²) in [6.45, 7) is 0. The van der Waals surface area contributed by atoms with Crippen molar-refractivity contribution in [3.8, 4) is 0 Å². The van der Waals surface area contributed by atoms with Crippen LogP contribution in [0.25, 0.3) is 21.8 Å². The second-order valence-electron chi connectivity index (χ2n) is 10.2. The molecule has 0 fully saturated rings. The summed E-state index contributed by atoms with van der Waals surface area (Å²) in [5.41, 5.74) is 7.75. The van der Waals surface area contributed by atoms with Crippen molar-refractivity contribution in [1.82, 2.24) is 4.98 Å². The van der Waals surface area contributed by atoms with Crippen LogP contribution in [0.1, 0.15) is 0 Å². The third-order valence-electron chi connectivity index (χ3n) is 7.35. The normalized spacial score (nSPS) is 11.3. The Hall–Kier alpha value is -4.12. The molecule has 0 aliphatic rings. The fourth-order valence-electron chi connectivity index (χ4n) is 5.51. The standard InChI is InChI=1S/C36H23Cl4N3/c37-23-5-1-9-27(17-23)42(28-10-2-6-24(38)18-28)31-13-15-35-33(21-31)34-22-32(14-16-36(34)41-35)43(29-11-3-7-25(39)19-29)30-12-4-8-26(40)20-30/h1-22,41H. The van der Waals surface area contributed by atoms with Crippen molar-refractivity contribution in [2.75, 3.05) is 9.80 Å². The van der Waals surface area contributed by atoms with Crippen LogP contribution in [0.5, 0.6) is 0 Å². The Labute approximate surface area is 269 Å². The Morgan fingerprint density at radius 2 is 0.651 bits per heavy atom. The van der Waals surface area contributed by atoms with Gasteiger partial charge in [0.1, 0.15) is 0 Å². The van der Waals surface area contributed by atoms with E-state index in [4.69, 9.17) is 46.4 Å². The summed E-state index contributed by atoms with van der Waals surface area (Å²) in [6, 6.07) is 44.1. The highest BCUT2D eigenvalue weighted by atomic mass is 35.5. The van der Waals surface area contributed by atoms with Gasteiger partial charge >= 0.3 is 0 Å². The second kappa shape index (κ2) is 11.5. The molecule has 7 aromatic rings. The molecule has 0 atom stereocenters. The predicted octanol–water partition coefficient (Wildman–Crippen LogP) is 12.9. The topological polar surface area (TPSA) is 22.3 Å². The van der Waals surface area contributed by atoms with E-state index in [1.165, 1.54) is 0 Å². The molecule has 0 spiro atoms. The van der Waals surface area contributed by atoms with Gasteiger partial charge in [0.25, 0.3) is 0 Å². The zero-order valence-electron chi connectivity index (χ0n) is 22.6. The highest BCUT2D eigenvalue weighted by Crippen LogP contribution is 2.42. The van der Waals surface area contributed by atoms with Crippen LogP contribution >= 0.6 is 46.4 Å². The van der Waals surface area contributed by atoms with Gasteiger partial charge in [0.15, 0.2) is 0 Å². The summed E-state index contributed by atoms with van der Waals surface area (Å²) in [5, 5.41) is 4.80. The highest BCUT2D eigenvalue weighted by molar-refractivity contribution is 6.32. The molecule has 0 saturated carbocycles. The number of aromatic amines is 1. The molecule has 7 rings (SSSR count). The zero-order valence-corrected chi connectivity index (χ0v) is 25.6. The number of nitrogens with zero attached hydrogens (tertiary/aromatic N) is 2. The number of benzene rings is 6. The lowest BCUT2D eigenvalue weighted by atomic mass is 10.1. The highest BCUT2D eigenvalue weighted by Gasteiger charge is 2.18. The molecule has 0 unspecified atom stereocenters. The molecule has 6 aromatic carbocycles. The van der Waals surface area contributed by atoms with Crippen molar-refractivity contribution in [1.29, 1.82) is 0 Å². The van der Waals surface area contributed by atoms with Crippen molar-refractivity contribution in [2.45, 2.75) is 0 Å². The summed E-state index contributed by atoms with van der Waals surface area (Å²) in [7, 11) is 0. The van der Waals surface area contributed by atoms with Crippen molar-refractivity contribution < 1.29 is 0 Å². The van der Waals surface area contributed by atoms with E-state index in [-0.39, 0.29) is 0 Å². The molecule has 3 nitrogen and oxygen atoms in total. The Bertz CT molecular complexity index is 1880. The van der Waals surface area contributed by atoms with E-state index in [2.05, 4.69) is 51.2 Å². The first-order chi connectivity index (χ1) is 20.9. The van der Waals surface area contributed by atoms with Crippen molar-refractivity contribution in [3.63, 3.8) is 0 Å². The van der Waals surface area contributed by atoms with Crippen LogP contribution in [0.15, 0.2) is 133 Å². The molecule has 0 radical (unpaired) electrons. The summed E-state index contributed by atoms with van der Waals surface area (Å²) in [5.74, 6) is 0. The van der Waals surface area contributed by atoms with E-state index >= 15 is 0 Å². The number of halogens is 4. The number of rotatable bonds is 6. The van der Waals surface area contributed by atoms with E-state index < -0.39 is 0 Å². The largest absolute Gasteiger partial charge is 0.355 e. The molecule has 43 heavy (non-hydrogen) atoms. The van der Waals surface area contributed by atoms with Crippen molar-refractivity contribution in [2.24, 2.45) is 0 Å². The van der Waals surface area contributed by atoms with Gasteiger partial charge in [-0.3, -0.25) is 0 Å². The molecule has 210 valence electrons. The first kappa shape index (κ1) is 27.7. The minimum Gasteiger partial charge on any atom is -0.355 e. The lowest BCUT2D eigenvalue weighted by molar-refractivity contribution is 1.29. The van der Waals surface area contributed by atoms with E-state index in [9.17, 15) is 0 Å². The molecule has 0 amide bonds. The molecular weight excluding hydrogens is 616 g/mol. The van der Waals surface area contributed by atoms with E-state index in [0.29, 0.717) is 20.1 Å². The number of fused-ring (bicyclic) bond motifs is 3. The summed E-state index contributed by atoms with van der Waals surface area (Å²) in [4.78, 5) is 7.90. The van der Waals surface area contributed by atoms with E-state index in [1.54, 1.807) is 0 Å². The van der Waals surface area contributed by atoms with Gasteiger partial charge in [-0.15, -0.1) is 0 Å². The average molecular weight is 639 g/mol. The number of nitrogens with one attached hydrogen (secondary N) is 1. The third kappa shape index (κ3) is 5.53. The minimum absolute atomic E-state index is 0.657. The van der Waals surface area contributed by atoms with Crippen molar-refractivity contribution in [3.05, 3.63) is 154 Å². The number of hydrogen-bond acceptors (Lipinski definition) is 2. The van der Waals surface area contributed by atoms with Gasteiger partial charge in [0.05, 0.1) is 0 Å². The van der Waals surface area contributed by atoms with Crippen molar-refractivity contribution >= 4 is 102 Å². The molecule has 1 N–H and O–H groups in total. The van der Waals surface area contributed by atoms with Gasteiger partial charge in [-0.1, -0.05) is 70.7 Å². The molecule has 1 heterocycles. The maximum absolute atomic E-state index is 6.44. The molecule has 0 aliphatic carbocycles. The monoisotopic (exact) mass is 637 g/mol. The van der Waals surface area contributed by atoms with Gasteiger partial charge in [-0.25, -0.2) is 0 Å². The smallest absolute Gasteiger partial charge is 0.0476 e. The fraction of sp³-hybridized carbons (Fsp3) is 0. The van der Waals surface area contributed by atoms with Crippen LogP contribution < -0.4 is 9.80 Å². The predicted molar refractivity (Wildman–Crippen MR) is 185 cm³/mol. The molecule has 0 aliphatic heterocycles. The number of anilines is 6. The first-order valence-electron chi connectivity index (χ1n) is 13.6.